The van der Waals surface area contributed by atoms with E-state index in [-0.39, 0.29) is 17.4 Å². The Kier molecular flexibility index (Phi) is 3.51. The van der Waals surface area contributed by atoms with Gasteiger partial charge in [0.1, 0.15) is 22.2 Å². The summed E-state index contributed by atoms with van der Waals surface area (Å²) in [5.74, 6) is 0.518. The molecule has 1 saturated carbocycles. The summed E-state index contributed by atoms with van der Waals surface area (Å²) in [5.41, 5.74) is -0.0667. The zero-order chi connectivity index (χ0) is 16.1. The van der Waals surface area contributed by atoms with Crippen LogP contribution in [0.15, 0.2) is 16.7 Å². The normalized spacial score (nSPS) is 29.0. The number of pyridine rings is 1. The van der Waals surface area contributed by atoms with Gasteiger partial charge in [-0.3, -0.25) is 9.69 Å². The van der Waals surface area contributed by atoms with Gasteiger partial charge in [0.05, 0.1) is 7.11 Å². The number of nitrogens with one attached hydrogen (secondary N) is 1. The predicted molar refractivity (Wildman–Crippen MR) is 81.9 cm³/mol. The molecule has 2 N–H and O–H groups in total. The van der Waals surface area contributed by atoms with Crippen LogP contribution in [0.3, 0.4) is 0 Å². The van der Waals surface area contributed by atoms with Gasteiger partial charge in [0.2, 0.25) is 5.91 Å². The van der Waals surface area contributed by atoms with Gasteiger partial charge in [-0.15, -0.1) is 0 Å². The van der Waals surface area contributed by atoms with Crippen molar-refractivity contribution in [1.29, 1.82) is 0 Å². The monoisotopic (exact) mass is 369 g/mol. The Hall–Kier alpha value is -1.83. The van der Waals surface area contributed by atoms with Crippen LogP contribution in [0.2, 0.25) is 0 Å². The van der Waals surface area contributed by atoms with Gasteiger partial charge in [0.25, 0.3) is 0 Å². The highest BCUT2D eigenvalue weighted by molar-refractivity contribution is 9.10. The van der Waals surface area contributed by atoms with Gasteiger partial charge in [-0.25, -0.2) is 9.78 Å². The lowest BCUT2D eigenvalue weighted by molar-refractivity contribution is -0.120. The summed E-state index contributed by atoms with van der Waals surface area (Å²) in [4.78, 5) is 29.3. The summed E-state index contributed by atoms with van der Waals surface area (Å²) >= 11 is 3.24. The van der Waals surface area contributed by atoms with Crippen LogP contribution >= 0.6 is 15.9 Å². The number of carbonyl (C=O) groups excluding carboxylic acids is 1. The average molecular weight is 370 g/mol. The van der Waals surface area contributed by atoms with E-state index in [0.29, 0.717) is 22.6 Å². The molecule has 118 valence electrons. The number of likely N-dealkylation sites (tertiary alicyclic amines) is 1. The fourth-order valence-electron chi connectivity index (χ4n) is 3.14. The third-order valence-electron chi connectivity index (χ3n) is 4.41. The first-order valence-electron chi connectivity index (χ1n) is 6.88. The van der Waals surface area contributed by atoms with Crippen LogP contribution in [-0.4, -0.2) is 46.2 Å². The van der Waals surface area contributed by atoms with Gasteiger partial charge < -0.3 is 15.2 Å². The lowest BCUT2D eigenvalue weighted by Gasteiger charge is -2.23. The second kappa shape index (κ2) is 5.12. The van der Waals surface area contributed by atoms with Gasteiger partial charge in [-0.1, -0.05) is 6.92 Å². The highest BCUT2D eigenvalue weighted by Gasteiger charge is 2.64. The number of anilines is 1. The van der Waals surface area contributed by atoms with E-state index >= 15 is 0 Å². The zero-order valence-electron chi connectivity index (χ0n) is 12.2. The molecule has 2 amide bonds. The zero-order valence-corrected chi connectivity index (χ0v) is 13.8. The maximum atomic E-state index is 12.4. The molecule has 0 spiro atoms. The number of carbonyl (C=O) groups is 2. The molecule has 1 aromatic rings. The minimum absolute atomic E-state index is 0.0502. The first kappa shape index (κ1) is 15.1. The molecule has 7 nitrogen and oxygen atoms in total. The number of fused-ring (bicyclic) bond motifs is 1. The summed E-state index contributed by atoms with van der Waals surface area (Å²) in [7, 11) is 1.52. The Morgan fingerprint density at radius 3 is 2.86 bits per heavy atom. The molecule has 0 aromatic carbocycles. The van der Waals surface area contributed by atoms with E-state index in [4.69, 9.17) is 4.74 Å². The van der Waals surface area contributed by atoms with Crippen molar-refractivity contribution in [3.8, 4) is 5.75 Å². The van der Waals surface area contributed by atoms with E-state index in [1.54, 1.807) is 12.1 Å². The first-order chi connectivity index (χ1) is 10.3. The number of hydrogen-bond acceptors (Lipinski definition) is 4. The second-order valence-electron chi connectivity index (χ2n) is 5.99. The van der Waals surface area contributed by atoms with Crippen LogP contribution in [0, 0.1) is 5.41 Å². The van der Waals surface area contributed by atoms with Crippen LogP contribution in [0.4, 0.5) is 10.6 Å². The molecule has 2 aliphatic rings. The summed E-state index contributed by atoms with van der Waals surface area (Å²) in [6.45, 7) is 2.02. The standard InChI is InChI=1S/C14H16BrN3O4/c1-14-5-8(18(13(20)21)9(14)6-14)12(19)17-11-4-7(22-2)3-10(15)16-11/h3-4,8-9H,5-6H2,1-2H3,(H,20,21)(H,16,17,19). The van der Waals surface area contributed by atoms with Gasteiger partial charge in [-0.05, 0) is 34.2 Å². The number of aromatic nitrogens is 1. The smallest absolute Gasteiger partial charge is 0.408 e. The van der Waals surface area contributed by atoms with Crippen molar-refractivity contribution in [1.82, 2.24) is 9.88 Å². The Morgan fingerprint density at radius 1 is 1.50 bits per heavy atom. The highest BCUT2D eigenvalue weighted by atomic mass is 79.9. The molecule has 1 aromatic heterocycles. The van der Waals surface area contributed by atoms with E-state index in [0.717, 1.165) is 6.42 Å². The number of nitrogens with zero attached hydrogens (tertiary/aromatic N) is 2. The number of amides is 2. The molecule has 3 atom stereocenters. The molecule has 2 fully saturated rings. The Morgan fingerprint density at radius 2 is 2.23 bits per heavy atom. The quantitative estimate of drug-likeness (QED) is 0.797. The van der Waals surface area contributed by atoms with Crippen LogP contribution in [0.25, 0.3) is 0 Å². The third kappa shape index (κ3) is 2.51. The fourth-order valence-corrected chi connectivity index (χ4v) is 3.56. The van der Waals surface area contributed by atoms with E-state index in [2.05, 4.69) is 26.2 Å². The van der Waals surface area contributed by atoms with Crippen molar-refractivity contribution in [2.45, 2.75) is 31.8 Å². The fraction of sp³-hybridized carbons (Fsp3) is 0.500. The Labute approximate surface area is 135 Å². The van der Waals surface area contributed by atoms with E-state index < -0.39 is 12.1 Å². The lowest BCUT2D eigenvalue weighted by Crippen LogP contribution is -2.44. The summed E-state index contributed by atoms with van der Waals surface area (Å²) in [5, 5.41) is 12.0. The van der Waals surface area contributed by atoms with Gasteiger partial charge >= 0.3 is 6.09 Å². The van der Waals surface area contributed by atoms with E-state index in [1.165, 1.54) is 12.0 Å². The van der Waals surface area contributed by atoms with Crippen molar-refractivity contribution in [3.05, 3.63) is 16.7 Å². The maximum absolute atomic E-state index is 12.4. The summed E-state index contributed by atoms with van der Waals surface area (Å²) < 4.78 is 5.64. The van der Waals surface area contributed by atoms with Gasteiger partial charge in [0.15, 0.2) is 0 Å². The van der Waals surface area contributed by atoms with Gasteiger partial charge in [-0.2, -0.15) is 0 Å². The highest BCUT2D eigenvalue weighted by Crippen LogP contribution is 2.59. The van der Waals surface area contributed by atoms with Gasteiger partial charge in [0, 0.05) is 18.2 Å². The van der Waals surface area contributed by atoms with Crippen LogP contribution in [-0.2, 0) is 4.79 Å². The number of hydrogen-bond donors (Lipinski definition) is 2. The number of ether oxygens (including phenoxy) is 1. The number of piperidine rings is 1. The Bertz CT molecular complexity index is 653. The summed E-state index contributed by atoms with van der Waals surface area (Å²) in [6, 6.07) is 2.54. The molecule has 22 heavy (non-hydrogen) atoms. The van der Waals surface area contributed by atoms with Crippen molar-refractivity contribution in [2.75, 3.05) is 12.4 Å². The van der Waals surface area contributed by atoms with E-state index in [1.807, 2.05) is 6.92 Å². The molecule has 0 radical (unpaired) electrons. The molecular formula is C14H16BrN3O4. The minimum atomic E-state index is -1.05. The molecule has 3 unspecified atom stereocenters. The number of carboxylic acid groups (broad SMARTS) is 1. The molecule has 1 aliphatic carbocycles. The SMILES string of the molecule is COc1cc(Br)nc(NC(=O)C2CC3(C)CC3N2C(=O)O)c1. The molecule has 0 bridgehead atoms. The van der Waals surface area contributed by atoms with E-state index in [9.17, 15) is 14.7 Å². The van der Waals surface area contributed by atoms with Crippen LogP contribution in [0.5, 0.6) is 5.75 Å². The topological polar surface area (TPSA) is 91.8 Å². The van der Waals surface area contributed by atoms with Crippen molar-refractivity contribution in [2.24, 2.45) is 5.41 Å². The average Bonchev–Trinajstić information content (AvgIpc) is 2.98. The first-order valence-corrected chi connectivity index (χ1v) is 7.67. The lowest BCUT2D eigenvalue weighted by atomic mass is 10.0. The molecule has 2 heterocycles. The molecular weight excluding hydrogens is 354 g/mol. The molecule has 1 aliphatic heterocycles. The predicted octanol–water partition coefficient (Wildman–Crippen LogP) is 2.32. The second-order valence-corrected chi connectivity index (χ2v) is 6.80. The van der Waals surface area contributed by atoms with Crippen molar-refractivity contribution in [3.63, 3.8) is 0 Å². The largest absolute Gasteiger partial charge is 0.497 e. The molecule has 1 saturated heterocycles. The maximum Gasteiger partial charge on any atom is 0.408 e. The van der Waals surface area contributed by atoms with Crippen molar-refractivity contribution < 1.29 is 19.4 Å². The van der Waals surface area contributed by atoms with Crippen LogP contribution in [0.1, 0.15) is 19.8 Å². The van der Waals surface area contributed by atoms with Crippen LogP contribution < -0.4 is 10.1 Å². The molecule has 8 heteroatoms. The third-order valence-corrected chi connectivity index (χ3v) is 4.82. The summed E-state index contributed by atoms with van der Waals surface area (Å²) in [6.07, 6.45) is 0.318. The molecule has 3 rings (SSSR count). The minimum Gasteiger partial charge on any atom is -0.497 e. The Balaban J connectivity index is 1.77. The number of halogens is 1. The number of rotatable bonds is 3. The van der Waals surface area contributed by atoms with Crippen molar-refractivity contribution >= 4 is 33.7 Å². The number of methoxy groups -OCH3 is 1.